The Morgan fingerprint density at radius 1 is 1.00 bits per heavy atom. The van der Waals surface area contributed by atoms with Gasteiger partial charge in [-0.1, -0.05) is 25.1 Å². The Hall–Kier alpha value is -2.35. The predicted molar refractivity (Wildman–Crippen MR) is 135 cm³/mol. The molecule has 0 radical (unpaired) electrons. The zero-order valence-corrected chi connectivity index (χ0v) is 20.6. The minimum atomic E-state index is -0.357. The molecule has 2 aliphatic rings. The molecule has 5 nitrogen and oxygen atoms in total. The number of ether oxygens (including phenoxy) is 1. The minimum Gasteiger partial charge on any atom is -0.380 e. The van der Waals surface area contributed by atoms with E-state index in [0.717, 1.165) is 76.1 Å². The Morgan fingerprint density at radius 2 is 1.74 bits per heavy atom. The van der Waals surface area contributed by atoms with Crippen molar-refractivity contribution in [2.45, 2.75) is 51.0 Å². The van der Waals surface area contributed by atoms with Gasteiger partial charge in [0.15, 0.2) is 0 Å². The molecule has 190 valence electrons. The molecule has 2 heterocycles. The fourth-order valence-corrected chi connectivity index (χ4v) is 5.20. The molecule has 1 N–H and O–H groups in total. The number of rotatable bonds is 9. The van der Waals surface area contributed by atoms with E-state index in [1.807, 2.05) is 0 Å². The van der Waals surface area contributed by atoms with Crippen molar-refractivity contribution in [3.05, 3.63) is 65.2 Å². The molecule has 2 aliphatic heterocycles. The number of halogens is 2. The molecular formula is C28H37F2N3O2. The molecule has 0 spiro atoms. The third kappa shape index (κ3) is 6.87. The first-order valence-electron chi connectivity index (χ1n) is 12.9. The summed E-state index contributed by atoms with van der Waals surface area (Å²) < 4.78 is 33.3. The van der Waals surface area contributed by atoms with Gasteiger partial charge in [0.25, 0.3) is 0 Å². The van der Waals surface area contributed by atoms with Crippen LogP contribution in [0.15, 0.2) is 42.5 Å². The largest absolute Gasteiger partial charge is 0.380 e. The lowest BCUT2D eigenvalue weighted by atomic mass is 9.87. The van der Waals surface area contributed by atoms with Crippen LogP contribution >= 0.6 is 0 Å². The van der Waals surface area contributed by atoms with E-state index in [9.17, 15) is 13.6 Å². The number of fused-ring (bicyclic) bond motifs is 1. The van der Waals surface area contributed by atoms with Gasteiger partial charge in [-0.3, -0.25) is 4.79 Å². The molecule has 0 aromatic heterocycles. The van der Waals surface area contributed by atoms with Gasteiger partial charge in [0.2, 0.25) is 5.91 Å². The molecule has 1 saturated heterocycles. The summed E-state index contributed by atoms with van der Waals surface area (Å²) in [6.07, 6.45) is 4.66. The summed E-state index contributed by atoms with van der Waals surface area (Å²) >= 11 is 0. The number of piperidine rings is 1. The molecule has 0 aliphatic carbocycles. The Bertz CT molecular complexity index is 961. The van der Waals surface area contributed by atoms with Crippen LogP contribution in [0, 0.1) is 11.6 Å². The second-order valence-electron chi connectivity index (χ2n) is 9.60. The van der Waals surface area contributed by atoms with Gasteiger partial charge >= 0.3 is 0 Å². The van der Waals surface area contributed by atoms with Crippen LogP contribution in [-0.4, -0.2) is 62.8 Å². The molecular weight excluding hydrogens is 448 g/mol. The fourth-order valence-electron chi connectivity index (χ4n) is 5.20. The number of anilines is 1. The maximum atomic E-state index is 14.3. The standard InChI is InChI=1S/C28H37F2N3O2/c1-2-17-35-18-16-32-14-11-24(12-15-32)31-20-28(34)33-13-3-4-25(21-5-7-22(29)8-6-21)26-10-9-23(30)19-27(26)33/h5-10,19,24-25,31H,2-4,11-18,20H2,1H3. The monoisotopic (exact) mass is 485 g/mol. The van der Waals surface area contributed by atoms with Gasteiger partial charge in [-0.05, 0) is 80.6 Å². The molecule has 1 atom stereocenters. The van der Waals surface area contributed by atoms with E-state index in [1.54, 1.807) is 23.1 Å². The number of benzene rings is 2. The smallest absolute Gasteiger partial charge is 0.240 e. The minimum absolute atomic E-state index is 0.00240. The first-order valence-corrected chi connectivity index (χ1v) is 12.9. The SMILES string of the molecule is CCCOCCN1CCC(NCC(=O)N2CCCC(c3ccc(F)cc3)c3ccc(F)cc32)CC1. The Balaban J connectivity index is 1.36. The maximum Gasteiger partial charge on any atom is 0.240 e. The summed E-state index contributed by atoms with van der Waals surface area (Å²) in [4.78, 5) is 17.4. The summed E-state index contributed by atoms with van der Waals surface area (Å²) in [5.41, 5.74) is 2.53. The molecule has 0 saturated carbocycles. The summed E-state index contributed by atoms with van der Waals surface area (Å²) in [5, 5.41) is 3.45. The highest BCUT2D eigenvalue weighted by atomic mass is 19.1. The maximum absolute atomic E-state index is 14.3. The summed E-state index contributed by atoms with van der Waals surface area (Å²) in [5.74, 6) is -0.667. The third-order valence-corrected chi connectivity index (χ3v) is 7.14. The van der Waals surface area contributed by atoms with Gasteiger partial charge in [0.05, 0.1) is 18.8 Å². The van der Waals surface area contributed by atoms with E-state index in [4.69, 9.17) is 4.74 Å². The molecule has 35 heavy (non-hydrogen) atoms. The summed E-state index contributed by atoms with van der Waals surface area (Å²) in [6, 6.07) is 11.5. The second kappa shape index (κ2) is 12.6. The molecule has 1 fully saturated rings. The van der Waals surface area contributed by atoms with Gasteiger partial charge < -0.3 is 19.9 Å². The zero-order chi connectivity index (χ0) is 24.6. The number of amides is 1. The van der Waals surface area contributed by atoms with Crippen molar-refractivity contribution >= 4 is 11.6 Å². The van der Waals surface area contributed by atoms with Gasteiger partial charge in [-0.25, -0.2) is 8.78 Å². The lowest BCUT2D eigenvalue weighted by molar-refractivity contribution is -0.118. The van der Waals surface area contributed by atoms with E-state index in [1.165, 1.54) is 24.3 Å². The molecule has 2 aromatic rings. The molecule has 7 heteroatoms. The second-order valence-corrected chi connectivity index (χ2v) is 9.60. The van der Waals surface area contributed by atoms with E-state index in [0.29, 0.717) is 18.3 Å². The zero-order valence-electron chi connectivity index (χ0n) is 20.6. The molecule has 2 aromatic carbocycles. The number of carbonyl (C=O) groups excluding carboxylic acids is 1. The molecule has 4 rings (SSSR count). The average Bonchev–Trinajstić information content (AvgIpc) is 3.06. The van der Waals surface area contributed by atoms with Crippen molar-refractivity contribution in [1.82, 2.24) is 10.2 Å². The highest BCUT2D eigenvalue weighted by Gasteiger charge is 2.28. The number of nitrogens with one attached hydrogen (secondary N) is 1. The highest BCUT2D eigenvalue weighted by Crippen LogP contribution is 2.39. The van der Waals surface area contributed by atoms with Crippen molar-refractivity contribution in [3.8, 4) is 0 Å². The Morgan fingerprint density at radius 3 is 2.49 bits per heavy atom. The van der Waals surface area contributed by atoms with E-state index in [-0.39, 0.29) is 30.0 Å². The van der Waals surface area contributed by atoms with Crippen molar-refractivity contribution in [1.29, 1.82) is 0 Å². The van der Waals surface area contributed by atoms with Gasteiger partial charge in [0, 0.05) is 31.7 Å². The first kappa shape index (κ1) is 25.7. The Labute approximate surface area is 207 Å². The van der Waals surface area contributed by atoms with Crippen LogP contribution in [0.2, 0.25) is 0 Å². The predicted octanol–water partition coefficient (Wildman–Crippen LogP) is 4.70. The number of carbonyl (C=O) groups is 1. The van der Waals surface area contributed by atoms with Crippen molar-refractivity contribution < 1.29 is 18.3 Å². The van der Waals surface area contributed by atoms with Gasteiger partial charge in [0.1, 0.15) is 11.6 Å². The number of hydrogen-bond acceptors (Lipinski definition) is 4. The van der Waals surface area contributed by atoms with Crippen LogP contribution in [0.4, 0.5) is 14.5 Å². The molecule has 0 bridgehead atoms. The lowest BCUT2D eigenvalue weighted by Gasteiger charge is -2.33. The van der Waals surface area contributed by atoms with Gasteiger partial charge in [-0.2, -0.15) is 0 Å². The Kier molecular flexibility index (Phi) is 9.24. The van der Waals surface area contributed by atoms with Crippen LogP contribution < -0.4 is 10.2 Å². The lowest BCUT2D eigenvalue weighted by Crippen LogP contribution is -2.47. The van der Waals surface area contributed by atoms with Crippen LogP contribution in [0.5, 0.6) is 0 Å². The summed E-state index contributed by atoms with van der Waals surface area (Å²) in [7, 11) is 0. The van der Waals surface area contributed by atoms with Crippen molar-refractivity contribution in [2.24, 2.45) is 0 Å². The van der Waals surface area contributed by atoms with Gasteiger partial charge in [-0.15, -0.1) is 0 Å². The van der Waals surface area contributed by atoms with Crippen LogP contribution in [-0.2, 0) is 9.53 Å². The topological polar surface area (TPSA) is 44.8 Å². The summed E-state index contributed by atoms with van der Waals surface area (Å²) in [6.45, 7) is 7.44. The van der Waals surface area contributed by atoms with E-state index >= 15 is 0 Å². The van der Waals surface area contributed by atoms with Crippen molar-refractivity contribution in [2.75, 3.05) is 50.8 Å². The van der Waals surface area contributed by atoms with Crippen LogP contribution in [0.25, 0.3) is 0 Å². The molecule has 1 amide bonds. The average molecular weight is 486 g/mol. The van der Waals surface area contributed by atoms with Crippen molar-refractivity contribution in [3.63, 3.8) is 0 Å². The number of likely N-dealkylation sites (tertiary alicyclic amines) is 1. The number of nitrogens with zero attached hydrogens (tertiary/aromatic N) is 2. The first-order chi connectivity index (χ1) is 17.0. The number of hydrogen-bond donors (Lipinski definition) is 1. The van der Waals surface area contributed by atoms with Crippen LogP contribution in [0.1, 0.15) is 56.1 Å². The van der Waals surface area contributed by atoms with E-state index < -0.39 is 0 Å². The van der Waals surface area contributed by atoms with E-state index in [2.05, 4.69) is 17.1 Å². The quantitative estimate of drug-likeness (QED) is 0.523. The molecule has 1 unspecified atom stereocenters. The highest BCUT2D eigenvalue weighted by molar-refractivity contribution is 5.96. The van der Waals surface area contributed by atoms with Crippen LogP contribution in [0.3, 0.4) is 0 Å². The third-order valence-electron chi connectivity index (χ3n) is 7.14. The fraction of sp³-hybridized carbons (Fsp3) is 0.536. The normalized spacial score (nSPS) is 19.4.